The van der Waals surface area contributed by atoms with E-state index in [1.165, 1.54) is 12.5 Å². The maximum absolute atomic E-state index is 12.1. The van der Waals surface area contributed by atoms with Crippen LogP contribution < -0.4 is 5.32 Å². The summed E-state index contributed by atoms with van der Waals surface area (Å²) >= 11 is 1.54. The molecule has 2 aromatic carbocycles. The molecule has 0 radical (unpaired) electrons. The van der Waals surface area contributed by atoms with Crippen molar-refractivity contribution in [1.29, 1.82) is 0 Å². The van der Waals surface area contributed by atoms with Gasteiger partial charge in [0.25, 0.3) is 0 Å². The number of carbonyl (C=O) groups excluding carboxylic acids is 2. The first-order valence-electron chi connectivity index (χ1n) is 9.09. The Morgan fingerprint density at radius 1 is 1.04 bits per heavy atom. The second-order valence-electron chi connectivity index (χ2n) is 6.41. The second-order valence-corrected chi connectivity index (χ2v) is 7.27. The van der Waals surface area contributed by atoms with E-state index in [0.717, 1.165) is 28.2 Å². The molecule has 0 spiro atoms. The van der Waals surface area contributed by atoms with Crippen LogP contribution in [0.2, 0.25) is 0 Å². The highest BCUT2D eigenvalue weighted by atomic mass is 32.1. The van der Waals surface area contributed by atoms with Crippen LogP contribution in [0.25, 0.3) is 10.6 Å². The Hall–Kier alpha value is -2.99. The fraction of sp³-hybridized carbons (Fsp3) is 0.227. The van der Waals surface area contributed by atoms with Gasteiger partial charge in [0, 0.05) is 23.6 Å². The zero-order valence-electron chi connectivity index (χ0n) is 15.9. The van der Waals surface area contributed by atoms with Gasteiger partial charge in [-0.1, -0.05) is 43.3 Å². The lowest BCUT2D eigenvalue weighted by Crippen LogP contribution is -2.09. The predicted molar refractivity (Wildman–Crippen MR) is 111 cm³/mol. The predicted octanol–water partition coefficient (Wildman–Crippen LogP) is 4.62. The normalized spacial score (nSPS) is 10.5. The number of thiazole rings is 1. The summed E-state index contributed by atoms with van der Waals surface area (Å²) in [5, 5.41) is 5.53. The van der Waals surface area contributed by atoms with E-state index < -0.39 is 0 Å². The highest BCUT2D eigenvalue weighted by Crippen LogP contribution is 2.24. The minimum Gasteiger partial charge on any atom is -0.459 e. The van der Waals surface area contributed by atoms with E-state index in [2.05, 4.69) is 41.5 Å². The van der Waals surface area contributed by atoms with Crippen LogP contribution in [-0.2, 0) is 33.8 Å². The Labute approximate surface area is 168 Å². The summed E-state index contributed by atoms with van der Waals surface area (Å²) in [5.41, 5.74) is 4.63. The van der Waals surface area contributed by atoms with E-state index >= 15 is 0 Å². The smallest absolute Gasteiger partial charge is 0.310 e. The Morgan fingerprint density at radius 2 is 1.71 bits per heavy atom. The number of amides is 1. The number of nitrogens with zero attached hydrogens (tertiary/aromatic N) is 1. The maximum Gasteiger partial charge on any atom is 0.310 e. The lowest BCUT2D eigenvalue weighted by atomic mass is 10.1. The number of rotatable bonds is 7. The van der Waals surface area contributed by atoms with Gasteiger partial charge in [0.15, 0.2) is 0 Å². The molecular weight excluding hydrogens is 372 g/mol. The van der Waals surface area contributed by atoms with E-state index in [-0.39, 0.29) is 24.9 Å². The zero-order chi connectivity index (χ0) is 19.9. The standard InChI is InChI=1S/C22H22N2O3S/c1-3-16-4-8-18(9-5-16)22-24-20(14-28-22)13-27-21(26)12-17-6-10-19(11-7-17)23-15(2)25/h4-11,14H,3,12-13H2,1-2H3,(H,23,25). The van der Waals surface area contributed by atoms with Crippen LogP contribution in [0.1, 0.15) is 30.7 Å². The SMILES string of the molecule is CCc1ccc(-c2nc(COC(=O)Cc3ccc(NC(C)=O)cc3)cs2)cc1. The molecule has 28 heavy (non-hydrogen) atoms. The van der Waals surface area contributed by atoms with E-state index in [1.807, 2.05) is 5.38 Å². The molecule has 144 valence electrons. The Balaban J connectivity index is 1.52. The van der Waals surface area contributed by atoms with E-state index in [9.17, 15) is 9.59 Å². The number of esters is 1. The minimum atomic E-state index is -0.311. The summed E-state index contributed by atoms with van der Waals surface area (Å²) in [7, 11) is 0. The molecule has 3 aromatic rings. The van der Waals surface area contributed by atoms with Gasteiger partial charge in [-0.2, -0.15) is 0 Å². The van der Waals surface area contributed by atoms with Crippen LogP contribution >= 0.6 is 11.3 Å². The quantitative estimate of drug-likeness (QED) is 0.594. The summed E-state index contributed by atoms with van der Waals surface area (Å²) in [6, 6.07) is 15.5. The van der Waals surface area contributed by atoms with E-state index in [0.29, 0.717) is 5.69 Å². The van der Waals surface area contributed by atoms with Crippen LogP contribution in [0, 0.1) is 0 Å². The van der Waals surface area contributed by atoms with Crippen LogP contribution in [-0.4, -0.2) is 16.9 Å². The Kier molecular flexibility index (Phi) is 6.55. The van der Waals surface area contributed by atoms with Gasteiger partial charge in [-0.3, -0.25) is 9.59 Å². The molecule has 6 heteroatoms. The second kappa shape index (κ2) is 9.28. The molecule has 0 aliphatic heterocycles. The zero-order valence-corrected chi connectivity index (χ0v) is 16.7. The third kappa shape index (κ3) is 5.50. The fourth-order valence-corrected chi connectivity index (χ4v) is 3.48. The number of hydrogen-bond donors (Lipinski definition) is 1. The van der Waals surface area contributed by atoms with Crippen LogP contribution in [0.5, 0.6) is 0 Å². The summed E-state index contributed by atoms with van der Waals surface area (Å²) in [5.74, 6) is -0.440. The first kappa shape index (κ1) is 19.8. The number of carbonyl (C=O) groups is 2. The van der Waals surface area contributed by atoms with Crippen LogP contribution in [0.4, 0.5) is 5.69 Å². The van der Waals surface area contributed by atoms with Crippen LogP contribution in [0.3, 0.4) is 0 Å². The van der Waals surface area contributed by atoms with E-state index in [4.69, 9.17) is 4.74 Å². The average Bonchev–Trinajstić information content (AvgIpc) is 3.17. The lowest BCUT2D eigenvalue weighted by Gasteiger charge is -2.05. The highest BCUT2D eigenvalue weighted by Gasteiger charge is 2.09. The van der Waals surface area contributed by atoms with Crippen molar-refractivity contribution in [3.63, 3.8) is 0 Å². The largest absolute Gasteiger partial charge is 0.459 e. The van der Waals surface area contributed by atoms with Crippen molar-refractivity contribution in [3.8, 4) is 10.6 Å². The number of ether oxygens (including phenoxy) is 1. The first-order chi connectivity index (χ1) is 13.5. The molecule has 0 bridgehead atoms. The van der Waals surface area contributed by atoms with Crippen molar-refractivity contribution < 1.29 is 14.3 Å². The van der Waals surface area contributed by atoms with Gasteiger partial charge in [0.1, 0.15) is 11.6 Å². The molecule has 0 aliphatic rings. The number of anilines is 1. The van der Waals surface area contributed by atoms with Gasteiger partial charge in [-0.25, -0.2) is 4.98 Å². The summed E-state index contributed by atoms with van der Waals surface area (Å²) in [6.45, 7) is 3.74. The van der Waals surface area contributed by atoms with Gasteiger partial charge in [-0.15, -0.1) is 11.3 Å². The van der Waals surface area contributed by atoms with Gasteiger partial charge in [0.2, 0.25) is 5.91 Å². The molecule has 1 heterocycles. The molecule has 3 rings (SSSR count). The summed E-state index contributed by atoms with van der Waals surface area (Å²) < 4.78 is 5.35. The number of hydrogen-bond acceptors (Lipinski definition) is 5. The number of benzene rings is 2. The summed E-state index contributed by atoms with van der Waals surface area (Å²) in [6.07, 6.45) is 1.19. The maximum atomic E-state index is 12.1. The van der Waals surface area contributed by atoms with Gasteiger partial charge < -0.3 is 10.1 Å². The molecule has 0 fully saturated rings. The number of nitrogens with one attached hydrogen (secondary N) is 1. The van der Waals surface area contributed by atoms with Crippen molar-refractivity contribution in [2.24, 2.45) is 0 Å². The molecule has 0 aliphatic carbocycles. The fourth-order valence-electron chi connectivity index (χ4n) is 2.67. The topological polar surface area (TPSA) is 68.3 Å². The van der Waals surface area contributed by atoms with Crippen molar-refractivity contribution in [1.82, 2.24) is 4.98 Å². The van der Waals surface area contributed by atoms with Crippen LogP contribution in [0.15, 0.2) is 53.9 Å². The van der Waals surface area contributed by atoms with Crippen molar-refractivity contribution in [2.75, 3.05) is 5.32 Å². The van der Waals surface area contributed by atoms with Crippen molar-refractivity contribution in [2.45, 2.75) is 33.3 Å². The van der Waals surface area contributed by atoms with Crippen molar-refractivity contribution in [3.05, 3.63) is 70.7 Å². The molecule has 0 saturated heterocycles. The third-order valence-electron chi connectivity index (χ3n) is 4.16. The van der Waals surface area contributed by atoms with Crippen molar-refractivity contribution >= 4 is 28.9 Å². The molecule has 1 N–H and O–H groups in total. The minimum absolute atomic E-state index is 0.129. The third-order valence-corrected chi connectivity index (χ3v) is 5.10. The first-order valence-corrected chi connectivity index (χ1v) is 9.97. The molecule has 0 saturated carbocycles. The lowest BCUT2D eigenvalue weighted by molar-refractivity contribution is -0.144. The van der Waals surface area contributed by atoms with Gasteiger partial charge in [0.05, 0.1) is 12.1 Å². The Morgan fingerprint density at radius 3 is 2.36 bits per heavy atom. The number of aromatic nitrogens is 1. The van der Waals surface area contributed by atoms with Gasteiger partial charge in [-0.05, 0) is 29.7 Å². The Bertz CT molecular complexity index is 947. The molecule has 0 unspecified atom stereocenters. The average molecular weight is 394 g/mol. The highest BCUT2D eigenvalue weighted by molar-refractivity contribution is 7.13. The molecule has 0 atom stereocenters. The molecule has 5 nitrogen and oxygen atoms in total. The molecule has 1 amide bonds. The summed E-state index contributed by atoms with van der Waals surface area (Å²) in [4.78, 5) is 27.7. The number of aryl methyl sites for hydroxylation is 1. The molecule has 1 aromatic heterocycles. The van der Waals surface area contributed by atoms with Gasteiger partial charge >= 0.3 is 5.97 Å². The molecular formula is C22H22N2O3S. The van der Waals surface area contributed by atoms with E-state index in [1.54, 1.807) is 35.6 Å². The monoisotopic (exact) mass is 394 g/mol.